The van der Waals surface area contributed by atoms with E-state index in [4.69, 9.17) is 4.74 Å². The summed E-state index contributed by atoms with van der Waals surface area (Å²) in [7, 11) is 0. The normalized spacial score (nSPS) is 13.7. The Kier molecular flexibility index (Phi) is 6.27. The average molecular weight is 358 g/mol. The van der Waals surface area contributed by atoms with Gasteiger partial charge < -0.3 is 9.64 Å². The number of hydrogen-bond acceptors (Lipinski definition) is 5. The van der Waals surface area contributed by atoms with Gasteiger partial charge in [-0.05, 0) is 32.0 Å². The fraction of sp³-hybridized carbons (Fsp3) is 0.368. The summed E-state index contributed by atoms with van der Waals surface area (Å²) in [5, 5.41) is 0. The number of ether oxygens (including phenoxy) is 1. The Labute approximate surface area is 152 Å². The number of anilines is 1. The zero-order valence-corrected chi connectivity index (χ0v) is 15.0. The highest BCUT2D eigenvalue weighted by Crippen LogP contribution is 2.23. The van der Waals surface area contributed by atoms with Crippen molar-refractivity contribution < 1.29 is 23.9 Å². The van der Waals surface area contributed by atoms with Crippen molar-refractivity contribution in [3.05, 3.63) is 42.0 Å². The predicted molar refractivity (Wildman–Crippen MR) is 95.5 cm³/mol. The van der Waals surface area contributed by atoms with E-state index in [0.717, 1.165) is 10.5 Å². The molecule has 1 aromatic rings. The minimum Gasteiger partial charge on any atom is -0.452 e. The van der Waals surface area contributed by atoms with Crippen LogP contribution >= 0.6 is 0 Å². The molecule has 0 aliphatic carbocycles. The van der Waals surface area contributed by atoms with E-state index in [1.54, 1.807) is 12.1 Å². The lowest BCUT2D eigenvalue weighted by molar-refractivity contribution is -0.134. The maximum atomic E-state index is 12.2. The largest absolute Gasteiger partial charge is 0.452 e. The van der Waals surface area contributed by atoms with Gasteiger partial charge in [0.2, 0.25) is 11.8 Å². The van der Waals surface area contributed by atoms with Crippen molar-refractivity contribution in [3.63, 3.8) is 0 Å². The summed E-state index contributed by atoms with van der Waals surface area (Å²) in [5.74, 6) is -1.60. The lowest BCUT2D eigenvalue weighted by Gasteiger charge is -2.20. The molecule has 26 heavy (non-hydrogen) atoms. The number of amides is 3. The minimum atomic E-state index is -0.689. The molecule has 3 amide bonds. The van der Waals surface area contributed by atoms with Crippen LogP contribution in [0.15, 0.2) is 36.4 Å². The van der Waals surface area contributed by atoms with Crippen molar-refractivity contribution in [2.75, 3.05) is 24.6 Å². The van der Waals surface area contributed by atoms with E-state index >= 15 is 0 Å². The van der Waals surface area contributed by atoms with E-state index in [0.29, 0.717) is 18.8 Å². The van der Waals surface area contributed by atoms with E-state index in [-0.39, 0.29) is 42.7 Å². The van der Waals surface area contributed by atoms with Gasteiger partial charge >= 0.3 is 5.97 Å². The Hall–Kier alpha value is -2.96. The summed E-state index contributed by atoms with van der Waals surface area (Å²) in [6.07, 6.45) is 0.329. The summed E-state index contributed by atoms with van der Waals surface area (Å²) in [4.78, 5) is 50.5. The third-order valence-corrected chi connectivity index (χ3v) is 3.91. The number of nitrogens with zero attached hydrogens (tertiary/aromatic N) is 2. The summed E-state index contributed by atoms with van der Waals surface area (Å²) in [6.45, 7) is 7.92. The van der Waals surface area contributed by atoms with Gasteiger partial charge in [-0.2, -0.15) is 0 Å². The van der Waals surface area contributed by atoms with E-state index in [1.807, 2.05) is 13.8 Å². The Morgan fingerprint density at radius 2 is 1.88 bits per heavy atom. The zero-order valence-electron chi connectivity index (χ0n) is 15.0. The van der Waals surface area contributed by atoms with Crippen LogP contribution in [-0.4, -0.2) is 48.3 Å². The molecule has 0 radical (unpaired) electrons. The molecule has 1 fully saturated rings. The van der Waals surface area contributed by atoms with Crippen molar-refractivity contribution in [1.82, 2.24) is 4.90 Å². The molecule has 2 rings (SSSR count). The molecule has 0 saturated carbocycles. The van der Waals surface area contributed by atoms with Crippen LogP contribution in [0.3, 0.4) is 0 Å². The SMILES string of the molecule is C=C(C)CN(CC)C(=O)COC(=O)c1cccc(N2C(=O)CCC2=O)c1. The topological polar surface area (TPSA) is 84.0 Å². The molecule has 1 saturated heterocycles. The van der Waals surface area contributed by atoms with Gasteiger partial charge in [0.05, 0.1) is 11.3 Å². The van der Waals surface area contributed by atoms with Gasteiger partial charge in [-0.3, -0.25) is 19.3 Å². The van der Waals surface area contributed by atoms with Gasteiger partial charge in [-0.25, -0.2) is 4.79 Å². The Balaban J connectivity index is 2.03. The zero-order chi connectivity index (χ0) is 19.3. The fourth-order valence-electron chi connectivity index (χ4n) is 2.64. The second-order valence-electron chi connectivity index (χ2n) is 6.11. The Morgan fingerprint density at radius 3 is 2.46 bits per heavy atom. The first-order valence-electron chi connectivity index (χ1n) is 8.38. The van der Waals surface area contributed by atoms with E-state index < -0.39 is 5.97 Å². The number of carbonyl (C=O) groups excluding carboxylic acids is 4. The van der Waals surface area contributed by atoms with E-state index in [2.05, 4.69) is 6.58 Å². The third-order valence-electron chi connectivity index (χ3n) is 3.91. The fourth-order valence-corrected chi connectivity index (χ4v) is 2.64. The molecule has 1 heterocycles. The quantitative estimate of drug-likeness (QED) is 0.422. The van der Waals surface area contributed by atoms with Crippen LogP contribution in [0, 0.1) is 0 Å². The highest BCUT2D eigenvalue weighted by molar-refractivity contribution is 6.20. The summed E-state index contributed by atoms with van der Waals surface area (Å²) < 4.78 is 5.08. The molecule has 7 heteroatoms. The standard InChI is InChI=1S/C19H22N2O5/c1-4-20(11-13(2)3)18(24)12-26-19(25)14-6-5-7-15(10-14)21-16(22)8-9-17(21)23/h5-7,10H,2,4,8-9,11-12H2,1,3H3. The van der Waals surface area contributed by atoms with Gasteiger partial charge in [0.25, 0.3) is 5.91 Å². The molecule has 0 N–H and O–H groups in total. The van der Waals surface area contributed by atoms with Crippen molar-refractivity contribution in [3.8, 4) is 0 Å². The number of esters is 1. The van der Waals surface area contributed by atoms with Gasteiger partial charge in [-0.1, -0.05) is 18.2 Å². The average Bonchev–Trinajstić information content (AvgIpc) is 2.95. The van der Waals surface area contributed by atoms with Gasteiger partial charge in [0.15, 0.2) is 6.61 Å². The van der Waals surface area contributed by atoms with Crippen LogP contribution in [0.5, 0.6) is 0 Å². The Bertz CT molecular complexity index is 740. The molecular weight excluding hydrogens is 336 g/mol. The first kappa shape index (κ1) is 19.4. The van der Waals surface area contributed by atoms with E-state index in [9.17, 15) is 19.2 Å². The predicted octanol–water partition coefficient (Wildman–Crippen LogP) is 1.92. The molecule has 0 bridgehead atoms. The number of carbonyl (C=O) groups is 4. The number of hydrogen-bond donors (Lipinski definition) is 0. The molecule has 0 atom stereocenters. The molecule has 0 spiro atoms. The second kappa shape index (κ2) is 8.42. The Morgan fingerprint density at radius 1 is 1.23 bits per heavy atom. The molecule has 1 aliphatic heterocycles. The number of imide groups is 1. The van der Waals surface area contributed by atoms with Crippen molar-refractivity contribution in [2.45, 2.75) is 26.7 Å². The van der Waals surface area contributed by atoms with Crippen LogP contribution in [0.2, 0.25) is 0 Å². The third kappa shape index (κ3) is 4.56. The van der Waals surface area contributed by atoms with E-state index in [1.165, 1.54) is 17.0 Å². The van der Waals surface area contributed by atoms with Crippen molar-refractivity contribution in [1.29, 1.82) is 0 Å². The van der Waals surface area contributed by atoms with Crippen LogP contribution in [-0.2, 0) is 19.1 Å². The number of benzene rings is 1. The first-order chi connectivity index (χ1) is 12.3. The molecule has 7 nitrogen and oxygen atoms in total. The first-order valence-corrected chi connectivity index (χ1v) is 8.38. The monoisotopic (exact) mass is 358 g/mol. The lowest BCUT2D eigenvalue weighted by Crippen LogP contribution is -2.35. The molecule has 1 aliphatic rings. The van der Waals surface area contributed by atoms with Crippen LogP contribution in [0.1, 0.15) is 37.0 Å². The maximum Gasteiger partial charge on any atom is 0.338 e. The molecule has 138 valence electrons. The minimum absolute atomic E-state index is 0.164. The van der Waals surface area contributed by atoms with Crippen molar-refractivity contribution >= 4 is 29.4 Å². The molecule has 0 unspecified atom stereocenters. The smallest absolute Gasteiger partial charge is 0.338 e. The van der Waals surface area contributed by atoms with Gasteiger partial charge in [0, 0.05) is 25.9 Å². The second-order valence-corrected chi connectivity index (χ2v) is 6.11. The molecule has 0 aromatic heterocycles. The maximum absolute atomic E-state index is 12.2. The summed E-state index contributed by atoms with van der Waals surface area (Å²) in [5.41, 5.74) is 1.33. The van der Waals surface area contributed by atoms with Gasteiger partial charge in [0.1, 0.15) is 0 Å². The summed E-state index contributed by atoms with van der Waals surface area (Å²) in [6, 6.07) is 6.06. The number of likely N-dealkylation sites (N-methyl/N-ethyl adjacent to an activating group) is 1. The number of rotatable bonds is 7. The van der Waals surface area contributed by atoms with Crippen molar-refractivity contribution in [2.24, 2.45) is 0 Å². The lowest BCUT2D eigenvalue weighted by atomic mass is 10.2. The highest BCUT2D eigenvalue weighted by atomic mass is 16.5. The highest BCUT2D eigenvalue weighted by Gasteiger charge is 2.30. The van der Waals surface area contributed by atoms with Crippen LogP contribution in [0.25, 0.3) is 0 Å². The van der Waals surface area contributed by atoms with Gasteiger partial charge in [-0.15, -0.1) is 0 Å². The molecule has 1 aromatic carbocycles. The summed E-state index contributed by atoms with van der Waals surface area (Å²) >= 11 is 0. The van der Waals surface area contributed by atoms with Crippen LogP contribution < -0.4 is 4.90 Å². The van der Waals surface area contributed by atoms with Crippen LogP contribution in [0.4, 0.5) is 5.69 Å². The molecular formula is C19H22N2O5.